The van der Waals surface area contributed by atoms with E-state index in [-0.39, 0.29) is 13.2 Å². The number of benzene rings is 2. The highest BCUT2D eigenvalue weighted by molar-refractivity contribution is 7.55. The number of carbonyl (C=O) groups is 1. The molecule has 2 aromatic carbocycles. The first-order valence-corrected chi connectivity index (χ1v) is 12.5. The molecule has 1 fully saturated rings. The highest BCUT2D eigenvalue weighted by atomic mass is 35.5. The normalized spacial score (nSPS) is 17.3. The number of rotatable bonds is 5. The summed E-state index contributed by atoms with van der Waals surface area (Å²) < 4.78 is 25.5. The van der Waals surface area contributed by atoms with Crippen LogP contribution in [0.25, 0.3) is 16.2 Å². The van der Waals surface area contributed by atoms with E-state index in [9.17, 15) is 9.36 Å². The first-order chi connectivity index (χ1) is 14.5. The molecular formula is C21H18Cl2NO4PS. The van der Waals surface area contributed by atoms with Crippen molar-refractivity contribution in [2.75, 3.05) is 13.2 Å². The zero-order valence-corrected chi connectivity index (χ0v) is 18.9. The Kier molecular flexibility index (Phi) is 6.63. The van der Waals surface area contributed by atoms with Crippen LogP contribution in [0.15, 0.2) is 54.0 Å². The minimum Gasteiger partial charge on any atom is -0.332 e. The maximum atomic E-state index is 13.5. The van der Waals surface area contributed by atoms with Gasteiger partial charge in [0.1, 0.15) is 0 Å². The largest absolute Gasteiger partial charge is 0.347 e. The van der Waals surface area contributed by atoms with Crippen molar-refractivity contribution in [1.82, 2.24) is 5.32 Å². The van der Waals surface area contributed by atoms with Gasteiger partial charge in [0.15, 0.2) is 5.66 Å². The zero-order chi connectivity index (χ0) is 21.1. The van der Waals surface area contributed by atoms with E-state index in [4.69, 9.17) is 32.2 Å². The van der Waals surface area contributed by atoms with Crippen molar-refractivity contribution in [3.05, 3.63) is 75.2 Å². The van der Waals surface area contributed by atoms with Crippen LogP contribution in [0.1, 0.15) is 23.2 Å². The number of amides is 1. The van der Waals surface area contributed by atoms with Gasteiger partial charge in [-0.2, -0.15) is 0 Å². The van der Waals surface area contributed by atoms with Crippen molar-refractivity contribution in [3.63, 3.8) is 0 Å². The van der Waals surface area contributed by atoms with Crippen molar-refractivity contribution in [2.24, 2.45) is 0 Å². The van der Waals surface area contributed by atoms with E-state index >= 15 is 0 Å². The van der Waals surface area contributed by atoms with Gasteiger partial charge < -0.3 is 14.4 Å². The van der Waals surface area contributed by atoms with Gasteiger partial charge in [-0.05, 0) is 64.7 Å². The molecule has 5 nitrogen and oxygen atoms in total. The third kappa shape index (κ3) is 4.65. The summed E-state index contributed by atoms with van der Waals surface area (Å²) in [6.07, 6.45) is 3.84. The molecule has 9 heteroatoms. The van der Waals surface area contributed by atoms with E-state index in [0.29, 0.717) is 22.0 Å². The van der Waals surface area contributed by atoms with E-state index in [2.05, 4.69) is 5.32 Å². The number of nitrogens with one attached hydrogen (secondary N) is 1. The summed E-state index contributed by atoms with van der Waals surface area (Å²) in [5.41, 5.74) is 0.300. The molecular weight excluding hydrogens is 464 g/mol. The van der Waals surface area contributed by atoms with Crippen LogP contribution in [0.2, 0.25) is 10.0 Å². The summed E-state index contributed by atoms with van der Waals surface area (Å²) in [6, 6.07) is 12.6. The Morgan fingerprint density at radius 1 is 1.13 bits per heavy atom. The predicted molar refractivity (Wildman–Crippen MR) is 122 cm³/mol. The predicted octanol–water partition coefficient (Wildman–Crippen LogP) is 6.67. The molecule has 0 aliphatic carbocycles. The Morgan fingerprint density at radius 3 is 2.67 bits per heavy atom. The summed E-state index contributed by atoms with van der Waals surface area (Å²) in [5, 5.41) is 6.42. The van der Waals surface area contributed by atoms with Gasteiger partial charge in [0.05, 0.1) is 13.2 Å². The summed E-state index contributed by atoms with van der Waals surface area (Å²) in [6.45, 7) is 0.560. The van der Waals surface area contributed by atoms with Gasteiger partial charge in [0.2, 0.25) is 5.91 Å². The fourth-order valence-electron chi connectivity index (χ4n) is 3.23. The van der Waals surface area contributed by atoms with Crippen LogP contribution < -0.4 is 5.32 Å². The number of hydrogen-bond acceptors (Lipinski definition) is 5. The first kappa shape index (κ1) is 21.6. The lowest BCUT2D eigenvalue weighted by Crippen LogP contribution is -2.28. The molecule has 1 aromatic heterocycles. The van der Waals surface area contributed by atoms with Gasteiger partial charge in [-0.3, -0.25) is 9.36 Å². The average molecular weight is 482 g/mol. The highest BCUT2D eigenvalue weighted by Crippen LogP contribution is 2.63. The molecule has 1 unspecified atom stereocenters. The van der Waals surface area contributed by atoms with E-state index in [0.717, 1.165) is 15.6 Å². The Hall–Kier alpha value is -1.66. The standard InChI is InChI=1S/C21H18Cl2NO4PS/c22-15-4-1-3-14(11-15)7-8-24-21(25)20(29(26)27-9-2-10-28-29)18-13-30-19-6-5-16(23)12-17(18)19/h1,3-8,11-13,20H,2,9-10H2,(H,24,25). The molecule has 4 rings (SSSR count). The van der Waals surface area contributed by atoms with Gasteiger partial charge >= 0.3 is 7.60 Å². The van der Waals surface area contributed by atoms with Crippen LogP contribution in [0.3, 0.4) is 0 Å². The zero-order valence-electron chi connectivity index (χ0n) is 15.7. The lowest BCUT2D eigenvalue weighted by atomic mass is 10.1. The quantitative estimate of drug-likeness (QED) is 0.413. The molecule has 2 heterocycles. The summed E-state index contributed by atoms with van der Waals surface area (Å²) in [4.78, 5) is 13.2. The van der Waals surface area contributed by atoms with Crippen molar-refractivity contribution >= 4 is 64.2 Å². The average Bonchev–Trinajstić information content (AvgIpc) is 3.11. The van der Waals surface area contributed by atoms with Crippen molar-refractivity contribution in [1.29, 1.82) is 0 Å². The molecule has 0 spiro atoms. The first-order valence-electron chi connectivity index (χ1n) is 9.24. The van der Waals surface area contributed by atoms with Gasteiger partial charge in [-0.1, -0.05) is 35.3 Å². The third-order valence-electron chi connectivity index (χ3n) is 4.61. The maximum absolute atomic E-state index is 13.5. The molecule has 156 valence electrons. The molecule has 1 aliphatic heterocycles. The molecule has 1 N–H and O–H groups in total. The van der Waals surface area contributed by atoms with Gasteiger partial charge in [0.25, 0.3) is 0 Å². The maximum Gasteiger partial charge on any atom is 0.347 e. The number of fused-ring (bicyclic) bond motifs is 1. The summed E-state index contributed by atoms with van der Waals surface area (Å²) in [7, 11) is -3.71. The smallest absolute Gasteiger partial charge is 0.332 e. The van der Waals surface area contributed by atoms with E-state index in [1.54, 1.807) is 30.3 Å². The lowest BCUT2D eigenvalue weighted by Gasteiger charge is -2.29. The number of thiophene rings is 1. The fraction of sp³-hybridized carbons (Fsp3) is 0.190. The molecule has 0 saturated carbocycles. The Morgan fingerprint density at radius 2 is 1.90 bits per heavy atom. The van der Waals surface area contributed by atoms with Crippen LogP contribution in [0.4, 0.5) is 0 Å². The van der Waals surface area contributed by atoms with Crippen molar-refractivity contribution in [2.45, 2.75) is 12.1 Å². The van der Waals surface area contributed by atoms with Crippen LogP contribution >= 0.6 is 42.1 Å². The molecule has 3 aromatic rings. The highest BCUT2D eigenvalue weighted by Gasteiger charge is 2.45. The van der Waals surface area contributed by atoms with E-state index in [1.165, 1.54) is 17.5 Å². The molecule has 1 amide bonds. The van der Waals surface area contributed by atoms with Crippen molar-refractivity contribution < 1.29 is 18.4 Å². The second-order valence-corrected chi connectivity index (χ2v) is 10.6. The van der Waals surface area contributed by atoms with E-state index in [1.807, 2.05) is 23.6 Å². The molecule has 0 radical (unpaired) electrons. The number of halogens is 2. The Labute approximate surface area is 188 Å². The second kappa shape index (κ2) is 9.23. The van der Waals surface area contributed by atoms with E-state index < -0.39 is 19.2 Å². The minimum atomic E-state index is -3.71. The Bertz CT molecular complexity index is 1150. The van der Waals surface area contributed by atoms with Crippen LogP contribution in [0, 0.1) is 0 Å². The van der Waals surface area contributed by atoms with Gasteiger partial charge in [-0.15, -0.1) is 11.3 Å². The van der Waals surface area contributed by atoms with Gasteiger partial charge in [0, 0.05) is 20.9 Å². The van der Waals surface area contributed by atoms with Crippen molar-refractivity contribution in [3.8, 4) is 0 Å². The fourth-order valence-corrected chi connectivity index (χ4v) is 6.72. The minimum absolute atomic E-state index is 0.280. The topological polar surface area (TPSA) is 64.6 Å². The molecule has 30 heavy (non-hydrogen) atoms. The van der Waals surface area contributed by atoms with Crippen LogP contribution in [-0.2, 0) is 18.4 Å². The second-order valence-electron chi connectivity index (χ2n) is 6.69. The lowest BCUT2D eigenvalue weighted by molar-refractivity contribution is -0.120. The number of carbonyl (C=O) groups excluding carboxylic acids is 1. The molecule has 1 saturated heterocycles. The molecule has 0 bridgehead atoms. The van der Waals surface area contributed by atoms with Crippen LogP contribution in [-0.4, -0.2) is 19.1 Å². The van der Waals surface area contributed by atoms with Gasteiger partial charge in [-0.25, -0.2) is 0 Å². The molecule has 1 atom stereocenters. The Balaban J connectivity index is 1.67. The SMILES string of the molecule is O=C(NC=Cc1cccc(Cl)c1)C(c1csc2ccc(Cl)cc12)P1(=O)OCCCO1. The molecule has 1 aliphatic rings. The van der Waals surface area contributed by atoms with Crippen LogP contribution in [0.5, 0.6) is 0 Å². The summed E-state index contributed by atoms with van der Waals surface area (Å²) in [5.74, 6) is -0.474. The monoisotopic (exact) mass is 481 g/mol. The third-order valence-corrected chi connectivity index (χ3v) is 8.29. The summed E-state index contributed by atoms with van der Waals surface area (Å²) >= 11 is 13.6. The number of hydrogen-bond donors (Lipinski definition) is 1.